The fraction of sp³-hybridized carbons (Fsp3) is 0.238. The predicted molar refractivity (Wildman–Crippen MR) is 107 cm³/mol. The average Bonchev–Trinajstić information content (AvgIpc) is 2.61. The number of hydrogen-bond donors (Lipinski definition) is 2. The molecule has 0 saturated carbocycles. The highest BCUT2D eigenvalue weighted by molar-refractivity contribution is 5.67. The third-order valence-corrected chi connectivity index (χ3v) is 3.71. The van der Waals surface area contributed by atoms with Crippen LogP contribution in [-0.4, -0.2) is 22.6 Å². The van der Waals surface area contributed by atoms with Crippen molar-refractivity contribution in [1.29, 1.82) is 0 Å². The summed E-state index contributed by atoms with van der Waals surface area (Å²) in [5.74, 6) is 0.830. The molecule has 5 nitrogen and oxygen atoms in total. The maximum atomic E-state index is 14.0. The summed E-state index contributed by atoms with van der Waals surface area (Å²) in [6.45, 7) is 6.12. The number of aromatic nitrogens is 2. The van der Waals surface area contributed by atoms with Gasteiger partial charge in [-0.15, -0.1) is 0 Å². The van der Waals surface area contributed by atoms with E-state index in [1.54, 1.807) is 12.1 Å². The summed E-state index contributed by atoms with van der Waals surface area (Å²) in [6, 6.07) is 16.4. The van der Waals surface area contributed by atoms with Gasteiger partial charge in [-0.05, 0) is 32.9 Å². The van der Waals surface area contributed by atoms with E-state index in [4.69, 9.17) is 4.74 Å². The van der Waals surface area contributed by atoms with Gasteiger partial charge in [0.2, 0.25) is 5.95 Å². The van der Waals surface area contributed by atoms with Crippen LogP contribution < -0.4 is 15.4 Å². The van der Waals surface area contributed by atoms with E-state index < -0.39 is 5.82 Å². The second-order valence-corrected chi connectivity index (χ2v) is 7.18. The van der Waals surface area contributed by atoms with Crippen LogP contribution in [0.5, 0.6) is 5.75 Å². The third-order valence-electron chi connectivity index (χ3n) is 3.71. The molecule has 0 fully saturated rings. The van der Waals surface area contributed by atoms with Crippen molar-refractivity contribution in [3.8, 4) is 17.0 Å². The molecule has 0 aliphatic heterocycles. The fourth-order valence-electron chi connectivity index (χ4n) is 2.55. The number of benzene rings is 2. The monoisotopic (exact) mass is 366 g/mol. The zero-order valence-electron chi connectivity index (χ0n) is 15.9. The molecule has 27 heavy (non-hydrogen) atoms. The molecule has 6 heteroatoms. The second-order valence-electron chi connectivity index (χ2n) is 7.18. The Hall–Kier alpha value is -3.15. The van der Waals surface area contributed by atoms with E-state index in [0.29, 0.717) is 17.5 Å². The number of nitrogens with one attached hydrogen (secondary N) is 2. The molecule has 0 bridgehead atoms. The van der Waals surface area contributed by atoms with Gasteiger partial charge in [-0.3, -0.25) is 0 Å². The van der Waals surface area contributed by atoms with Gasteiger partial charge in [-0.1, -0.05) is 30.3 Å². The van der Waals surface area contributed by atoms with E-state index in [1.165, 1.54) is 13.2 Å². The van der Waals surface area contributed by atoms with E-state index in [-0.39, 0.29) is 11.3 Å². The lowest BCUT2D eigenvalue weighted by Gasteiger charge is -2.21. The Labute approximate surface area is 158 Å². The van der Waals surface area contributed by atoms with Crippen molar-refractivity contribution >= 4 is 17.5 Å². The third kappa shape index (κ3) is 4.94. The molecule has 0 radical (unpaired) electrons. The largest absolute Gasteiger partial charge is 0.494 e. The fourth-order valence-corrected chi connectivity index (χ4v) is 2.55. The van der Waals surface area contributed by atoms with Crippen molar-refractivity contribution in [2.75, 3.05) is 17.7 Å². The van der Waals surface area contributed by atoms with Gasteiger partial charge in [-0.25, -0.2) is 9.37 Å². The van der Waals surface area contributed by atoms with Crippen molar-refractivity contribution in [3.63, 3.8) is 0 Å². The number of ether oxygens (including phenoxy) is 1. The number of rotatable bonds is 5. The van der Waals surface area contributed by atoms with Crippen molar-refractivity contribution in [2.45, 2.75) is 26.3 Å². The Kier molecular flexibility index (Phi) is 5.26. The first kappa shape index (κ1) is 18.6. The summed E-state index contributed by atoms with van der Waals surface area (Å²) < 4.78 is 19.0. The molecule has 2 aromatic carbocycles. The molecular formula is C21H23FN4O. The number of anilines is 3. The van der Waals surface area contributed by atoms with Gasteiger partial charge in [0.05, 0.1) is 12.8 Å². The van der Waals surface area contributed by atoms with Gasteiger partial charge < -0.3 is 15.4 Å². The topological polar surface area (TPSA) is 59.1 Å². The minimum Gasteiger partial charge on any atom is -0.494 e. The van der Waals surface area contributed by atoms with Crippen LogP contribution in [-0.2, 0) is 0 Å². The minimum atomic E-state index is -0.437. The lowest BCUT2D eigenvalue weighted by Crippen LogP contribution is -2.27. The maximum absolute atomic E-state index is 14.0. The highest BCUT2D eigenvalue weighted by Gasteiger charge is 2.14. The van der Waals surface area contributed by atoms with Gasteiger partial charge in [0, 0.05) is 28.9 Å². The van der Waals surface area contributed by atoms with Crippen LogP contribution in [0.2, 0.25) is 0 Å². The minimum absolute atomic E-state index is 0.196. The first-order valence-corrected chi connectivity index (χ1v) is 8.67. The summed E-state index contributed by atoms with van der Waals surface area (Å²) >= 11 is 0. The Morgan fingerprint density at radius 2 is 1.70 bits per heavy atom. The molecule has 0 unspecified atom stereocenters. The highest BCUT2D eigenvalue weighted by atomic mass is 19.1. The number of hydrogen-bond acceptors (Lipinski definition) is 5. The summed E-state index contributed by atoms with van der Waals surface area (Å²) in [5.41, 5.74) is 2.13. The van der Waals surface area contributed by atoms with E-state index >= 15 is 0 Å². The van der Waals surface area contributed by atoms with Crippen LogP contribution in [0.15, 0.2) is 54.6 Å². The van der Waals surface area contributed by atoms with Crippen molar-refractivity contribution in [3.05, 3.63) is 60.4 Å². The number of nitrogens with zero attached hydrogens (tertiary/aromatic N) is 2. The van der Waals surface area contributed by atoms with Gasteiger partial charge in [0.15, 0.2) is 11.6 Å². The van der Waals surface area contributed by atoms with E-state index in [9.17, 15) is 4.39 Å². The van der Waals surface area contributed by atoms with Crippen LogP contribution in [0.1, 0.15) is 20.8 Å². The number of halogens is 1. The first-order chi connectivity index (χ1) is 12.8. The lowest BCUT2D eigenvalue weighted by atomic mass is 10.1. The van der Waals surface area contributed by atoms with Crippen LogP contribution in [0.4, 0.5) is 21.8 Å². The quantitative estimate of drug-likeness (QED) is 0.646. The molecule has 1 aromatic heterocycles. The molecule has 0 aliphatic carbocycles. The summed E-state index contributed by atoms with van der Waals surface area (Å²) in [4.78, 5) is 9.14. The van der Waals surface area contributed by atoms with Crippen molar-refractivity contribution in [1.82, 2.24) is 9.97 Å². The Morgan fingerprint density at radius 1 is 0.963 bits per heavy atom. The van der Waals surface area contributed by atoms with Crippen LogP contribution in [0.3, 0.4) is 0 Å². The van der Waals surface area contributed by atoms with Gasteiger partial charge in [0.25, 0.3) is 0 Å². The van der Waals surface area contributed by atoms with Crippen LogP contribution in [0, 0.1) is 5.82 Å². The first-order valence-electron chi connectivity index (χ1n) is 8.67. The molecule has 0 aliphatic rings. The zero-order chi connectivity index (χ0) is 19.4. The van der Waals surface area contributed by atoms with E-state index in [1.807, 2.05) is 57.2 Å². The van der Waals surface area contributed by atoms with Gasteiger partial charge in [-0.2, -0.15) is 4.98 Å². The molecule has 1 heterocycles. The summed E-state index contributed by atoms with van der Waals surface area (Å²) in [6.07, 6.45) is 0. The predicted octanol–water partition coefficient (Wildman–Crippen LogP) is 5.25. The maximum Gasteiger partial charge on any atom is 0.225 e. The van der Waals surface area contributed by atoms with E-state index in [0.717, 1.165) is 11.3 Å². The molecular weight excluding hydrogens is 343 g/mol. The SMILES string of the molecule is COc1ccc(Nc2cc(-c3ccccc3)nc(NC(C)(C)C)n2)cc1F. The lowest BCUT2D eigenvalue weighted by molar-refractivity contribution is 0.386. The summed E-state index contributed by atoms with van der Waals surface area (Å²) in [7, 11) is 1.44. The Bertz CT molecular complexity index is 923. The average molecular weight is 366 g/mol. The highest BCUT2D eigenvalue weighted by Crippen LogP contribution is 2.26. The normalized spacial score (nSPS) is 11.1. The Morgan fingerprint density at radius 3 is 2.33 bits per heavy atom. The smallest absolute Gasteiger partial charge is 0.225 e. The molecule has 0 saturated heterocycles. The van der Waals surface area contributed by atoms with Crippen LogP contribution in [0.25, 0.3) is 11.3 Å². The van der Waals surface area contributed by atoms with Gasteiger partial charge >= 0.3 is 0 Å². The van der Waals surface area contributed by atoms with Crippen LogP contribution >= 0.6 is 0 Å². The van der Waals surface area contributed by atoms with Crippen molar-refractivity contribution < 1.29 is 9.13 Å². The van der Waals surface area contributed by atoms with Crippen molar-refractivity contribution in [2.24, 2.45) is 0 Å². The molecule has 2 N–H and O–H groups in total. The van der Waals surface area contributed by atoms with E-state index in [2.05, 4.69) is 20.6 Å². The Balaban J connectivity index is 1.98. The zero-order valence-corrected chi connectivity index (χ0v) is 15.9. The molecule has 140 valence electrons. The molecule has 0 amide bonds. The molecule has 3 aromatic rings. The molecule has 0 spiro atoms. The second kappa shape index (κ2) is 7.61. The number of methoxy groups -OCH3 is 1. The standard InChI is InChI=1S/C21H23FN4O/c1-21(2,3)26-20-24-17(14-8-6-5-7-9-14)13-19(25-20)23-15-10-11-18(27-4)16(22)12-15/h5-13H,1-4H3,(H2,23,24,25,26). The van der Waals surface area contributed by atoms with Gasteiger partial charge in [0.1, 0.15) is 5.82 Å². The molecule has 0 atom stereocenters. The molecule has 3 rings (SSSR count). The summed E-state index contributed by atoms with van der Waals surface area (Å²) in [5, 5.41) is 6.44.